The highest BCUT2D eigenvalue weighted by molar-refractivity contribution is 9.10. The van der Waals surface area contributed by atoms with Crippen molar-refractivity contribution in [3.63, 3.8) is 0 Å². The Balaban J connectivity index is 1.62. The minimum atomic E-state index is 0.697. The second-order valence-electron chi connectivity index (χ2n) is 5.40. The Morgan fingerprint density at radius 3 is 2.28 bits per heavy atom. The maximum atomic E-state index is 4.45. The number of benzene rings is 2. The van der Waals surface area contributed by atoms with E-state index in [1.54, 1.807) is 6.20 Å². The van der Waals surface area contributed by atoms with Crippen LogP contribution in [0, 0.1) is 0 Å². The Morgan fingerprint density at radius 2 is 1.44 bits per heavy atom. The molecule has 0 unspecified atom stereocenters. The van der Waals surface area contributed by atoms with E-state index in [1.807, 2.05) is 60.7 Å². The summed E-state index contributed by atoms with van der Waals surface area (Å²) in [4.78, 5) is 13.0. The summed E-state index contributed by atoms with van der Waals surface area (Å²) in [5, 5.41) is 7.68. The minimum Gasteiger partial charge on any atom is -0.339 e. The van der Waals surface area contributed by atoms with Crippen molar-refractivity contribution in [3.05, 3.63) is 77.7 Å². The molecule has 0 atom stereocenters. The SMILES string of the molecule is Brc1ccccc1Nc1cc(Nc2cccc3cccnc23)ncn1. The quantitative estimate of drug-likeness (QED) is 0.495. The standard InChI is InChI=1S/C19H14BrN5/c20-14-7-1-2-8-15(14)24-17-11-18(23-12-22-17)25-16-9-3-5-13-6-4-10-21-19(13)16/h1-12H,(H2,22,23,24,25). The van der Waals surface area contributed by atoms with Crippen molar-refractivity contribution >= 4 is 49.8 Å². The Labute approximate surface area is 153 Å². The van der Waals surface area contributed by atoms with E-state index in [0.717, 1.165) is 26.8 Å². The predicted octanol–water partition coefficient (Wildman–Crippen LogP) is 5.27. The van der Waals surface area contributed by atoms with Crippen LogP contribution in [0.25, 0.3) is 10.9 Å². The summed E-state index contributed by atoms with van der Waals surface area (Å²) in [6.07, 6.45) is 3.31. The first kappa shape index (κ1) is 15.5. The minimum absolute atomic E-state index is 0.697. The first-order valence-electron chi connectivity index (χ1n) is 7.74. The molecule has 0 amide bonds. The molecule has 122 valence electrons. The zero-order chi connectivity index (χ0) is 17.1. The molecular formula is C19H14BrN5. The molecule has 4 aromatic rings. The van der Waals surface area contributed by atoms with Gasteiger partial charge in [0.25, 0.3) is 0 Å². The number of pyridine rings is 1. The van der Waals surface area contributed by atoms with Crippen LogP contribution in [0.1, 0.15) is 0 Å². The van der Waals surface area contributed by atoms with Gasteiger partial charge >= 0.3 is 0 Å². The normalized spacial score (nSPS) is 10.6. The van der Waals surface area contributed by atoms with Gasteiger partial charge in [-0.1, -0.05) is 30.3 Å². The van der Waals surface area contributed by atoms with Gasteiger partial charge in [-0.05, 0) is 40.2 Å². The Kier molecular flexibility index (Phi) is 4.26. The van der Waals surface area contributed by atoms with E-state index >= 15 is 0 Å². The van der Waals surface area contributed by atoms with Crippen LogP contribution in [-0.4, -0.2) is 15.0 Å². The van der Waals surface area contributed by atoms with E-state index in [-0.39, 0.29) is 0 Å². The highest BCUT2D eigenvalue weighted by Gasteiger charge is 2.05. The van der Waals surface area contributed by atoms with Crippen molar-refractivity contribution in [2.45, 2.75) is 0 Å². The molecule has 0 saturated carbocycles. The molecule has 0 saturated heterocycles. The fourth-order valence-electron chi connectivity index (χ4n) is 2.54. The van der Waals surface area contributed by atoms with Crippen molar-refractivity contribution in [1.82, 2.24) is 15.0 Å². The van der Waals surface area contributed by atoms with E-state index in [1.165, 1.54) is 6.33 Å². The fraction of sp³-hybridized carbons (Fsp3) is 0. The first-order chi connectivity index (χ1) is 12.3. The topological polar surface area (TPSA) is 62.7 Å². The average Bonchev–Trinajstić information content (AvgIpc) is 2.64. The van der Waals surface area contributed by atoms with Gasteiger partial charge in [0, 0.05) is 22.1 Å². The Hall–Kier alpha value is -2.99. The summed E-state index contributed by atoms with van der Waals surface area (Å²) in [5.74, 6) is 1.40. The van der Waals surface area contributed by atoms with Crippen LogP contribution >= 0.6 is 15.9 Å². The second-order valence-corrected chi connectivity index (χ2v) is 6.25. The molecule has 5 nitrogen and oxygen atoms in total. The maximum Gasteiger partial charge on any atom is 0.135 e. The van der Waals surface area contributed by atoms with E-state index in [9.17, 15) is 0 Å². The molecule has 0 aliphatic rings. The van der Waals surface area contributed by atoms with Crippen LogP contribution in [0.4, 0.5) is 23.0 Å². The lowest BCUT2D eigenvalue weighted by Gasteiger charge is -2.11. The third kappa shape index (κ3) is 3.44. The monoisotopic (exact) mass is 391 g/mol. The largest absolute Gasteiger partial charge is 0.339 e. The summed E-state index contributed by atoms with van der Waals surface area (Å²) in [6, 6.07) is 19.7. The van der Waals surface area contributed by atoms with Gasteiger partial charge in [0.15, 0.2) is 0 Å². The number of rotatable bonds is 4. The Bertz CT molecular complexity index is 1030. The number of nitrogens with zero attached hydrogens (tertiary/aromatic N) is 3. The molecule has 0 radical (unpaired) electrons. The third-order valence-corrected chi connectivity index (χ3v) is 4.39. The molecule has 0 spiro atoms. The van der Waals surface area contributed by atoms with Crippen molar-refractivity contribution < 1.29 is 0 Å². The molecule has 2 N–H and O–H groups in total. The second kappa shape index (κ2) is 6.86. The van der Waals surface area contributed by atoms with Crippen LogP contribution in [0.3, 0.4) is 0 Å². The molecule has 2 aromatic carbocycles. The first-order valence-corrected chi connectivity index (χ1v) is 8.53. The predicted molar refractivity (Wildman–Crippen MR) is 104 cm³/mol. The molecule has 2 aromatic heterocycles. The summed E-state index contributed by atoms with van der Waals surface area (Å²) in [7, 11) is 0. The lowest BCUT2D eigenvalue weighted by atomic mass is 10.2. The van der Waals surface area contributed by atoms with Gasteiger partial charge in [0.05, 0.1) is 16.9 Å². The van der Waals surface area contributed by atoms with Crippen LogP contribution in [-0.2, 0) is 0 Å². The zero-order valence-electron chi connectivity index (χ0n) is 13.1. The highest BCUT2D eigenvalue weighted by Crippen LogP contribution is 2.27. The van der Waals surface area contributed by atoms with Gasteiger partial charge in [0.2, 0.25) is 0 Å². The van der Waals surface area contributed by atoms with Gasteiger partial charge in [-0.2, -0.15) is 0 Å². The smallest absolute Gasteiger partial charge is 0.135 e. The van der Waals surface area contributed by atoms with Crippen LogP contribution in [0.2, 0.25) is 0 Å². The average molecular weight is 392 g/mol. The van der Waals surface area contributed by atoms with Crippen LogP contribution in [0.5, 0.6) is 0 Å². The number of para-hydroxylation sites is 2. The summed E-state index contributed by atoms with van der Waals surface area (Å²) < 4.78 is 0.973. The van der Waals surface area contributed by atoms with Crippen molar-refractivity contribution in [2.24, 2.45) is 0 Å². The Morgan fingerprint density at radius 1 is 0.720 bits per heavy atom. The van der Waals surface area contributed by atoms with Crippen molar-refractivity contribution in [2.75, 3.05) is 10.6 Å². The molecule has 0 aliphatic heterocycles. The third-order valence-electron chi connectivity index (χ3n) is 3.70. The number of hydrogen-bond acceptors (Lipinski definition) is 5. The lowest BCUT2D eigenvalue weighted by Crippen LogP contribution is -1.99. The number of halogens is 1. The molecule has 0 fully saturated rings. The number of aromatic nitrogens is 3. The molecule has 4 rings (SSSR count). The van der Waals surface area contributed by atoms with Gasteiger partial charge in [-0.15, -0.1) is 0 Å². The van der Waals surface area contributed by atoms with Gasteiger partial charge in [-0.25, -0.2) is 9.97 Å². The van der Waals surface area contributed by atoms with E-state index in [0.29, 0.717) is 11.6 Å². The lowest BCUT2D eigenvalue weighted by molar-refractivity contribution is 1.17. The van der Waals surface area contributed by atoms with Crippen molar-refractivity contribution in [3.8, 4) is 0 Å². The van der Waals surface area contributed by atoms with Gasteiger partial charge in [-0.3, -0.25) is 4.98 Å². The molecular weight excluding hydrogens is 378 g/mol. The summed E-state index contributed by atoms with van der Waals surface area (Å²) in [6.45, 7) is 0. The summed E-state index contributed by atoms with van der Waals surface area (Å²) >= 11 is 3.52. The van der Waals surface area contributed by atoms with Crippen LogP contribution < -0.4 is 10.6 Å². The van der Waals surface area contributed by atoms with E-state index < -0.39 is 0 Å². The van der Waals surface area contributed by atoms with Crippen LogP contribution in [0.15, 0.2) is 77.7 Å². The number of fused-ring (bicyclic) bond motifs is 1. The summed E-state index contributed by atoms with van der Waals surface area (Å²) in [5.41, 5.74) is 2.76. The van der Waals surface area contributed by atoms with Crippen molar-refractivity contribution in [1.29, 1.82) is 0 Å². The number of anilines is 4. The molecule has 0 aliphatic carbocycles. The van der Waals surface area contributed by atoms with E-state index in [4.69, 9.17) is 0 Å². The maximum absolute atomic E-state index is 4.45. The van der Waals surface area contributed by atoms with E-state index in [2.05, 4.69) is 41.5 Å². The number of nitrogens with one attached hydrogen (secondary N) is 2. The molecule has 6 heteroatoms. The molecule has 25 heavy (non-hydrogen) atoms. The highest BCUT2D eigenvalue weighted by atomic mass is 79.9. The number of hydrogen-bond donors (Lipinski definition) is 2. The zero-order valence-corrected chi connectivity index (χ0v) is 14.7. The van der Waals surface area contributed by atoms with Gasteiger partial charge < -0.3 is 10.6 Å². The molecule has 0 bridgehead atoms. The molecule has 2 heterocycles. The fourth-order valence-corrected chi connectivity index (χ4v) is 2.92. The van der Waals surface area contributed by atoms with Gasteiger partial charge in [0.1, 0.15) is 18.0 Å².